The predicted octanol–water partition coefficient (Wildman–Crippen LogP) is 6.15. The van der Waals surface area contributed by atoms with Crippen LogP contribution >= 0.6 is 0 Å². The number of aromatic nitrogens is 2. The molecule has 1 unspecified atom stereocenters. The highest BCUT2D eigenvalue weighted by Gasteiger charge is 2.36. The average Bonchev–Trinajstić information content (AvgIpc) is 3.38. The fraction of sp³-hybridized carbons (Fsp3) is 0.179. The number of halogens is 1. The molecule has 2 heterocycles. The number of ether oxygens (including phenoxy) is 1. The molecule has 5 rings (SSSR count). The van der Waals surface area contributed by atoms with E-state index in [1.54, 1.807) is 26.2 Å². The Bertz CT molecular complexity index is 1450. The van der Waals surface area contributed by atoms with Gasteiger partial charge in [0.1, 0.15) is 11.6 Å². The van der Waals surface area contributed by atoms with Crippen LogP contribution < -0.4 is 15.0 Å². The zero-order chi connectivity index (χ0) is 25.2. The molecule has 0 aliphatic carbocycles. The topological polar surface area (TPSA) is 80.5 Å². The van der Waals surface area contributed by atoms with Gasteiger partial charge < -0.3 is 14.6 Å². The fourth-order valence-electron chi connectivity index (χ4n) is 4.35. The molecular weight excluding hydrogens is 459 g/mol. The highest BCUT2D eigenvalue weighted by molar-refractivity contribution is 6.01. The first-order chi connectivity index (χ1) is 17.5. The number of urea groups is 1. The van der Waals surface area contributed by atoms with Crippen molar-refractivity contribution in [2.45, 2.75) is 26.3 Å². The molecule has 8 heteroatoms. The van der Waals surface area contributed by atoms with Gasteiger partial charge in [-0.05, 0) is 54.8 Å². The Morgan fingerprint density at radius 1 is 1.08 bits per heavy atom. The second kappa shape index (κ2) is 9.65. The van der Waals surface area contributed by atoms with Crippen molar-refractivity contribution >= 4 is 17.3 Å². The lowest BCUT2D eigenvalue weighted by Crippen LogP contribution is -2.46. The van der Waals surface area contributed by atoms with Gasteiger partial charge >= 0.3 is 6.03 Å². The van der Waals surface area contributed by atoms with E-state index in [4.69, 9.17) is 9.26 Å². The summed E-state index contributed by atoms with van der Waals surface area (Å²) in [4.78, 5) is 19.4. The molecular formula is C28H25FN4O3. The van der Waals surface area contributed by atoms with Crippen molar-refractivity contribution < 1.29 is 18.4 Å². The molecule has 0 spiro atoms. The van der Waals surface area contributed by atoms with Crippen molar-refractivity contribution in [3.63, 3.8) is 0 Å². The highest BCUT2D eigenvalue weighted by atomic mass is 19.1. The van der Waals surface area contributed by atoms with Crippen LogP contribution in [0.1, 0.15) is 36.9 Å². The maximum atomic E-state index is 14.0. The van der Waals surface area contributed by atoms with E-state index in [1.165, 1.54) is 22.6 Å². The van der Waals surface area contributed by atoms with Crippen LogP contribution in [0.5, 0.6) is 5.75 Å². The van der Waals surface area contributed by atoms with Gasteiger partial charge in [0.2, 0.25) is 5.82 Å². The molecule has 1 aromatic heterocycles. The molecule has 1 aliphatic rings. The van der Waals surface area contributed by atoms with Crippen molar-refractivity contribution in [2.75, 3.05) is 12.0 Å². The van der Waals surface area contributed by atoms with Crippen LogP contribution in [0, 0.1) is 5.82 Å². The molecule has 7 nitrogen and oxygen atoms in total. The standard InChI is InChI=1S/C28H25FN4O3/c1-4-18-11-13-19(14-12-18)25-24(17(2)33(28(34)30-25)22-9-6-8-21(29)16-22)27-31-26(32-36-27)20-7-5-10-23(15-20)35-3/h5-16,25H,4H2,1-3H3,(H,30,34). The van der Waals surface area contributed by atoms with Crippen molar-refractivity contribution in [1.82, 2.24) is 15.5 Å². The molecule has 36 heavy (non-hydrogen) atoms. The van der Waals surface area contributed by atoms with Crippen LogP contribution in [0.3, 0.4) is 0 Å². The normalized spacial score (nSPS) is 15.7. The number of benzene rings is 3. The van der Waals surface area contributed by atoms with Crippen LogP contribution in [0.25, 0.3) is 17.0 Å². The van der Waals surface area contributed by atoms with Crippen LogP contribution in [0.15, 0.2) is 83.0 Å². The van der Waals surface area contributed by atoms with E-state index in [0.717, 1.165) is 17.5 Å². The fourth-order valence-corrected chi connectivity index (χ4v) is 4.35. The van der Waals surface area contributed by atoms with Crippen molar-refractivity contribution in [1.29, 1.82) is 0 Å². The first kappa shape index (κ1) is 23.3. The van der Waals surface area contributed by atoms with Crippen molar-refractivity contribution in [3.05, 3.63) is 101 Å². The quantitative estimate of drug-likeness (QED) is 0.355. The Hall–Kier alpha value is -4.46. The number of rotatable bonds is 6. The van der Waals surface area contributed by atoms with E-state index in [1.807, 2.05) is 48.5 Å². The molecule has 2 amide bonds. The van der Waals surface area contributed by atoms with E-state index in [9.17, 15) is 9.18 Å². The minimum Gasteiger partial charge on any atom is -0.497 e. The number of hydrogen-bond donors (Lipinski definition) is 1. The number of amides is 2. The Labute approximate surface area is 208 Å². The molecule has 4 aromatic rings. The van der Waals surface area contributed by atoms with E-state index in [2.05, 4.69) is 22.4 Å². The molecule has 3 aromatic carbocycles. The minimum atomic E-state index is -0.535. The summed E-state index contributed by atoms with van der Waals surface area (Å²) in [5.41, 5.74) is 4.38. The Morgan fingerprint density at radius 2 is 1.86 bits per heavy atom. The summed E-state index contributed by atoms with van der Waals surface area (Å²) in [6.07, 6.45) is 0.903. The Morgan fingerprint density at radius 3 is 2.58 bits per heavy atom. The van der Waals surface area contributed by atoms with Gasteiger partial charge in [0.15, 0.2) is 0 Å². The van der Waals surface area contributed by atoms with Crippen molar-refractivity contribution in [2.24, 2.45) is 0 Å². The van der Waals surface area contributed by atoms with Gasteiger partial charge in [0, 0.05) is 11.3 Å². The lowest BCUT2D eigenvalue weighted by atomic mass is 9.93. The third-order valence-electron chi connectivity index (χ3n) is 6.26. The summed E-state index contributed by atoms with van der Waals surface area (Å²) in [6.45, 7) is 3.88. The Balaban J connectivity index is 1.64. The molecule has 0 fully saturated rings. The zero-order valence-electron chi connectivity index (χ0n) is 20.2. The zero-order valence-corrected chi connectivity index (χ0v) is 20.2. The van der Waals surface area contributed by atoms with Gasteiger partial charge in [-0.25, -0.2) is 9.18 Å². The van der Waals surface area contributed by atoms with E-state index in [0.29, 0.717) is 28.5 Å². The van der Waals surface area contributed by atoms with Gasteiger partial charge in [-0.15, -0.1) is 0 Å². The summed E-state index contributed by atoms with van der Waals surface area (Å²) in [6, 6.07) is 20.4. The third-order valence-corrected chi connectivity index (χ3v) is 6.26. The smallest absolute Gasteiger partial charge is 0.327 e. The summed E-state index contributed by atoms with van der Waals surface area (Å²) in [5.74, 6) is 0.880. The molecule has 0 saturated carbocycles. The number of hydrogen-bond acceptors (Lipinski definition) is 5. The average molecular weight is 485 g/mol. The maximum absolute atomic E-state index is 14.0. The molecule has 1 N–H and O–H groups in total. The molecule has 182 valence electrons. The molecule has 0 bridgehead atoms. The molecule has 1 aliphatic heterocycles. The van der Waals surface area contributed by atoms with E-state index in [-0.39, 0.29) is 11.9 Å². The first-order valence-electron chi connectivity index (χ1n) is 11.6. The van der Waals surface area contributed by atoms with E-state index < -0.39 is 11.9 Å². The molecule has 1 atom stereocenters. The summed E-state index contributed by atoms with van der Waals surface area (Å²) >= 11 is 0. The highest BCUT2D eigenvalue weighted by Crippen LogP contribution is 2.39. The molecule has 0 saturated heterocycles. The van der Waals surface area contributed by atoms with Gasteiger partial charge in [-0.2, -0.15) is 4.98 Å². The number of allylic oxidation sites excluding steroid dienone is 1. The first-order valence-corrected chi connectivity index (χ1v) is 11.6. The van der Waals surface area contributed by atoms with Gasteiger partial charge in [-0.3, -0.25) is 4.90 Å². The van der Waals surface area contributed by atoms with Crippen LogP contribution in [-0.4, -0.2) is 23.3 Å². The van der Waals surface area contributed by atoms with Gasteiger partial charge in [0.05, 0.1) is 24.4 Å². The SMILES string of the molecule is CCc1ccc(C2NC(=O)N(c3cccc(F)c3)C(C)=C2c2nc(-c3cccc(OC)c3)no2)cc1. The molecule has 0 radical (unpaired) electrons. The maximum Gasteiger partial charge on any atom is 0.327 e. The predicted molar refractivity (Wildman–Crippen MR) is 135 cm³/mol. The van der Waals surface area contributed by atoms with E-state index >= 15 is 0 Å². The lowest BCUT2D eigenvalue weighted by Gasteiger charge is -2.35. The third kappa shape index (κ3) is 4.33. The van der Waals surface area contributed by atoms with Crippen LogP contribution in [0.2, 0.25) is 0 Å². The number of nitrogens with one attached hydrogen (secondary N) is 1. The summed E-state index contributed by atoms with van der Waals surface area (Å²) < 4.78 is 25.1. The Kier molecular flexibility index (Phi) is 6.25. The van der Waals surface area contributed by atoms with Crippen LogP contribution in [-0.2, 0) is 6.42 Å². The number of carbonyl (C=O) groups excluding carboxylic acids is 1. The van der Waals surface area contributed by atoms with Gasteiger partial charge in [-0.1, -0.05) is 54.5 Å². The number of anilines is 1. The second-order valence-electron chi connectivity index (χ2n) is 8.45. The van der Waals surface area contributed by atoms with Gasteiger partial charge in [0.25, 0.3) is 5.89 Å². The number of nitrogens with zero attached hydrogens (tertiary/aromatic N) is 3. The number of carbonyl (C=O) groups is 1. The second-order valence-corrected chi connectivity index (χ2v) is 8.45. The number of aryl methyl sites for hydroxylation is 1. The summed E-state index contributed by atoms with van der Waals surface area (Å²) in [5, 5.41) is 7.23. The summed E-state index contributed by atoms with van der Waals surface area (Å²) in [7, 11) is 1.59. The largest absolute Gasteiger partial charge is 0.497 e. The number of methoxy groups -OCH3 is 1. The minimum absolute atomic E-state index is 0.260. The van der Waals surface area contributed by atoms with Crippen LogP contribution in [0.4, 0.5) is 14.9 Å². The van der Waals surface area contributed by atoms with Crippen molar-refractivity contribution in [3.8, 4) is 17.1 Å². The lowest BCUT2D eigenvalue weighted by molar-refractivity contribution is 0.244. The monoisotopic (exact) mass is 484 g/mol.